The van der Waals surface area contributed by atoms with E-state index in [0.29, 0.717) is 5.82 Å². The number of carbonyl (C=O) groups is 1. The summed E-state index contributed by atoms with van der Waals surface area (Å²) < 4.78 is 0. The highest BCUT2D eigenvalue weighted by atomic mass is 16.2. The second kappa shape index (κ2) is 4.00. The molecule has 0 spiro atoms. The first-order valence-corrected chi connectivity index (χ1v) is 5.35. The van der Waals surface area contributed by atoms with Crippen LogP contribution in [0.5, 0.6) is 0 Å². The van der Waals surface area contributed by atoms with Crippen molar-refractivity contribution in [3.63, 3.8) is 0 Å². The molecule has 0 aromatic carbocycles. The Morgan fingerprint density at radius 3 is 2.93 bits per heavy atom. The maximum Gasteiger partial charge on any atom is 0.291 e. The molecule has 1 atom stereocenters. The van der Waals surface area contributed by atoms with E-state index >= 15 is 0 Å². The zero-order chi connectivity index (χ0) is 10.8. The summed E-state index contributed by atoms with van der Waals surface area (Å²) in [6.07, 6.45) is 3.68. The average molecular weight is 208 g/mol. The van der Waals surface area contributed by atoms with Gasteiger partial charge in [0.1, 0.15) is 5.82 Å². The Kier molecular flexibility index (Phi) is 2.70. The van der Waals surface area contributed by atoms with Crippen LogP contribution < -0.4 is 5.32 Å². The molecular formula is C10H16N4O. The van der Waals surface area contributed by atoms with E-state index in [1.54, 1.807) is 6.92 Å². The minimum absolute atomic E-state index is 0.187. The number of hydrogen-bond acceptors (Lipinski definition) is 3. The number of H-pyrrole nitrogens is 1. The van der Waals surface area contributed by atoms with E-state index in [-0.39, 0.29) is 17.8 Å². The number of aromatic amines is 1. The third kappa shape index (κ3) is 2.78. The molecule has 0 bridgehead atoms. The topological polar surface area (TPSA) is 70.7 Å². The smallest absolute Gasteiger partial charge is 0.291 e. The molecule has 0 aliphatic heterocycles. The summed E-state index contributed by atoms with van der Waals surface area (Å²) in [5.74, 6) is 1.52. The maximum atomic E-state index is 11.6. The molecule has 2 rings (SSSR count). The normalized spacial score (nSPS) is 17.5. The van der Waals surface area contributed by atoms with Crippen LogP contribution in [0.2, 0.25) is 0 Å². The molecule has 1 aromatic heterocycles. The molecule has 1 saturated carbocycles. The Hall–Kier alpha value is -1.39. The molecule has 5 nitrogen and oxygen atoms in total. The standard InChI is InChI=1S/C10H16N4O/c1-6(5-8-3-4-8)11-10(15)9-12-7(2)13-14-9/h6,8H,3-5H2,1-2H3,(H,11,15)(H,12,13,14). The SMILES string of the molecule is Cc1nc(C(=O)NC(C)CC2CC2)n[nH]1. The van der Waals surface area contributed by atoms with Crippen LogP contribution in [-0.4, -0.2) is 27.1 Å². The lowest BCUT2D eigenvalue weighted by Crippen LogP contribution is -2.33. The molecule has 5 heteroatoms. The number of carbonyl (C=O) groups excluding carboxylic acids is 1. The van der Waals surface area contributed by atoms with Gasteiger partial charge in [0.15, 0.2) is 0 Å². The van der Waals surface area contributed by atoms with Gasteiger partial charge in [-0.15, -0.1) is 5.10 Å². The zero-order valence-electron chi connectivity index (χ0n) is 9.08. The quantitative estimate of drug-likeness (QED) is 0.776. The Morgan fingerprint density at radius 1 is 1.67 bits per heavy atom. The molecule has 0 saturated heterocycles. The second-order valence-corrected chi connectivity index (χ2v) is 4.30. The Balaban J connectivity index is 1.85. The first kappa shape index (κ1) is 10.1. The fraction of sp³-hybridized carbons (Fsp3) is 0.700. The van der Waals surface area contributed by atoms with Gasteiger partial charge in [-0.1, -0.05) is 12.8 Å². The highest BCUT2D eigenvalue weighted by Gasteiger charge is 2.24. The number of rotatable bonds is 4. The molecule has 1 unspecified atom stereocenters. The third-order valence-corrected chi connectivity index (χ3v) is 2.56. The summed E-state index contributed by atoms with van der Waals surface area (Å²) in [6, 6.07) is 0.212. The van der Waals surface area contributed by atoms with Crippen molar-refractivity contribution < 1.29 is 4.79 Å². The van der Waals surface area contributed by atoms with Crippen LogP contribution in [0.25, 0.3) is 0 Å². The van der Waals surface area contributed by atoms with E-state index in [2.05, 4.69) is 20.5 Å². The third-order valence-electron chi connectivity index (χ3n) is 2.56. The number of amides is 1. The van der Waals surface area contributed by atoms with Gasteiger partial charge in [-0.2, -0.15) is 0 Å². The lowest BCUT2D eigenvalue weighted by atomic mass is 10.1. The summed E-state index contributed by atoms with van der Waals surface area (Å²) in [7, 11) is 0. The van der Waals surface area contributed by atoms with E-state index in [0.717, 1.165) is 12.3 Å². The van der Waals surface area contributed by atoms with Crippen LogP contribution in [0.15, 0.2) is 0 Å². The second-order valence-electron chi connectivity index (χ2n) is 4.30. The van der Waals surface area contributed by atoms with Gasteiger partial charge in [0, 0.05) is 6.04 Å². The van der Waals surface area contributed by atoms with Gasteiger partial charge >= 0.3 is 0 Å². The fourth-order valence-electron chi connectivity index (χ4n) is 1.65. The van der Waals surface area contributed by atoms with Crippen LogP contribution in [0.3, 0.4) is 0 Å². The predicted molar refractivity (Wildman–Crippen MR) is 55.4 cm³/mol. The van der Waals surface area contributed by atoms with E-state index in [1.807, 2.05) is 6.92 Å². The van der Waals surface area contributed by atoms with E-state index in [4.69, 9.17) is 0 Å². The predicted octanol–water partition coefficient (Wildman–Crippen LogP) is 1.03. The van der Waals surface area contributed by atoms with E-state index < -0.39 is 0 Å². The largest absolute Gasteiger partial charge is 0.347 e. The molecule has 1 heterocycles. The van der Waals surface area contributed by atoms with Crippen molar-refractivity contribution in [1.29, 1.82) is 0 Å². The minimum Gasteiger partial charge on any atom is -0.347 e. The lowest BCUT2D eigenvalue weighted by molar-refractivity contribution is 0.0927. The van der Waals surface area contributed by atoms with Crippen molar-refractivity contribution in [2.45, 2.75) is 39.2 Å². The molecule has 2 N–H and O–H groups in total. The molecular weight excluding hydrogens is 192 g/mol. The van der Waals surface area contributed by atoms with Crippen molar-refractivity contribution in [3.8, 4) is 0 Å². The van der Waals surface area contributed by atoms with Crippen LogP contribution >= 0.6 is 0 Å². The molecule has 1 aliphatic carbocycles. The summed E-state index contributed by atoms with van der Waals surface area (Å²) in [6.45, 7) is 3.80. The van der Waals surface area contributed by atoms with Gasteiger partial charge < -0.3 is 5.32 Å². The summed E-state index contributed by atoms with van der Waals surface area (Å²) in [4.78, 5) is 15.6. The number of hydrogen-bond donors (Lipinski definition) is 2. The molecule has 0 radical (unpaired) electrons. The Bertz CT molecular complexity index is 356. The van der Waals surface area contributed by atoms with Gasteiger partial charge in [-0.3, -0.25) is 9.89 Å². The fourth-order valence-corrected chi connectivity index (χ4v) is 1.65. The van der Waals surface area contributed by atoms with Gasteiger partial charge in [-0.25, -0.2) is 4.98 Å². The lowest BCUT2D eigenvalue weighted by Gasteiger charge is -2.11. The highest BCUT2D eigenvalue weighted by Crippen LogP contribution is 2.33. The van der Waals surface area contributed by atoms with Gasteiger partial charge in [0.05, 0.1) is 0 Å². The molecule has 15 heavy (non-hydrogen) atoms. The number of aryl methyl sites for hydroxylation is 1. The number of nitrogens with one attached hydrogen (secondary N) is 2. The van der Waals surface area contributed by atoms with Crippen LogP contribution in [0, 0.1) is 12.8 Å². The Morgan fingerprint density at radius 2 is 2.40 bits per heavy atom. The van der Waals surface area contributed by atoms with Gasteiger partial charge in [-0.05, 0) is 26.2 Å². The van der Waals surface area contributed by atoms with Crippen molar-refractivity contribution in [2.24, 2.45) is 5.92 Å². The Labute approximate surface area is 88.7 Å². The van der Waals surface area contributed by atoms with Gasteiger partial charge in [0.2, 0.25) is 5.82 Å². The minimum atomic E-state index is -0.187. The van der Waals surface area contributed by atoms with E-state index in [9.17, 15) is 4.79 Å². The highest BCUT2D eigenvalue weighted by molar-refractivity contribution is 5.90. The van der Waals surface area contributed by atoms with Crippen LogP contribution in [0.4, 0.5) is 0 Å². The molecule has 1 aromatic rings. The zero-order valence-corrected chi connectivity index (χ0v) is 9.08. The van der Waals surface area contributed by atoms with Gasteiger partial charge in [0.25, 0.3) is 5.91 Å². The van der Waals surface area contributed by atoms with Crippen molar-refractivity contribution >= 4 is 5.91 Å². The summed E-state index contributed by atoms with van der Waals surface area (Å²) in [5.41, 5.74) is 0. The van der Waals surface area contributed by atoms with Crippen LogP contribution in [-0.2, 0) is 0 Å². The van der Waals surface area contributed by atoms with Crippen molar-refractivity contribution in [1.82, 2.24) is 20.5 Å². The summed E-state index contributed by atoms with van der Waals surface area (Å²) in [5, 5.41) is 9.37. The van der Waals surface area contributed by atoms with Crippen molar-refractivity contribution in [2.75, 3.05) is 0 Å². The monoisotopic (exact) mass is 208 g/mol. The number of aromatic nitrogens is 3. The molecule has 1 aliphatic rings. The summed E-state index contributed by atoms with van der Waals surface area (Å²) >= 11 is 0. The first-order valence-electron chi connectivity index (χ1n) is 5.35. The average Bonchev–Trinajstić information content (AvgIpc) is 2.85. The molecule has 1 fully saturated rings. The van der Waals surface area contributed by atoms with E-state index in [1.165, 1.54) is 12.8 Å². The first-order chi connectivity index (χ1) is 7.15. The molecule has 1 amide bonds. The maximum absolute atomic E-state index is 11.6. The number of nitrogens with zero attached hydrogens (tertiary/aromatic N) is 2. The van der Waals surface area contributed by atoms with Crippen LogP contribution in [0.1, 0.15) is 42.6 Å². The molecule has 82 valence electrons. The van der Waals surface area contributed by atoms with Crippen molar-refractivity contribution in [3.05, 3.63) is 11.6 Å².